The number of hydrogen-bond acceptors (Lipinski definition) is 5. The third-order valence-corrected chi connectivity index (χ3v) is 3.78. The van der Waals surface area contributed by atoms with Gasteiger partial charge >= 0.3 is 0 Å². The number of rotatable bonds is 6. The molecule has 21 heavy (non-hydrogen) atoms. The van der Waals surface area contributed by atoms with Crippen molar-refractivity contribution in [1.82, 2.24) is 19.7 Å². The van der Waals surface area contributed by atoms with E-state index < -0.39 is 0 Å². The second-order valence-electron chi connectivity index (χ2n) is 5.11. The van der Waals surface area contributed by atoms with Gasteiger partial charge in [0.15, 0.2) is 0 Å². The number of nitrogens with zero attached hydrogens (tertiary/aromatic N) is 4. The quantitative estimate of drug-likeness (QED) is 0.869. The maximum absolute atomic E-state index is 9.71. The molecule has 2 aromatic rings. The topological polar surface area (TPSA) is 63.4 Å². The fraction of sp³-hybridized carbons (Fsp3) is 0.467. The molecule has 0 spiro atoms. The van der Waals surface area contributed by atoms with Gasteiger partial charge in [-0.2, -0.15) is 0 Å². The maximum Gasteiger partial charge on any atom is 0.146 e. The smallest absolute Gasteiger partial charge is 0.146 e. The van der Waals surface area contributed by atoms with Crippen molar-refractivity contribution in [3.05, 3.63) is 41.5 Å². The summed E-state index contributed by atoms with van der Waals surface area (Å²) in [5.74, 6) is 2.56. The minimum Gasteiger partial charge on any atom is -0.497 e. The van der Waals surface area contributed by atoms with E-state index in [1.807, 2.05) is 49.9 Å². The molecule has 0 amide bonds. The lowest BCUT2D eigenvalue weighted by Gasteiger charge is -2.26. The van der Waals surface area contributed by atoms with E-state index in [9.17, 15) is 5.11 Å². The number of aryl methyl sites for hydroxylation is 1. The number of benzene rings is 1. The Morgan fingerprint density at radius 1 is 1.29 bits per heavy atom. The van der Waals surface area contributed by atoms with Gasteiger partial charge in [0.05, 0.1) is 26.3 Å². The molecule has 2 rings (SSSR count). The molecular formula is C15H22N4O2. The molecule has 0 saturated heterocycles. The van der Waals surface area contributed by atoms with Gasteiger partial charge in [0, 0.05) is 7.05 Å². The first-order valence-electron chi connectivity index (χ1n) is 6.86. The third kappa shape index (κ3) is 3.40. The molecule has 114 valence electrons. The van der Waals surface area contributed by atoms with Crippen molar-refractivity contribution in [3.63, 3.8) is 0 Å². The molecule has 0 aliphatic carbocycles. The Morgan fingerprint density at radius 3 is 2.43 bits per heavy atom. The van der Waals surface area contributed by atoms with Crippen LogP contribution >= 0.6 is 0 Å². The Labute approximate surface area is 125 Å². The molecule has 0 bridgehead atoms. The molecule has 6 nitrogen and oxygen atoms in total. The highest BCUT2D eigenvalue weighted by Gasteiger charge is 2.18. The van der Waals surface area contributed by atoms with E-state index in [4.69, 9.17) is 4.74 Å². The van der Waals surface area contributed by atoms with Crippen LogP contribution in [0.4, 0.5) is 0 Å². The normalized spacial score (nSPS) is 12.7. The highest BCUT2D eigenvalue weighted by Crippen LogP contribution is 2.23. The first-order valence-corrected chi connectivity index (χ1v) is 6.86. The molecule has 0 saturated carbocycles. The van der Waals surface area contributed by atoms with Crippen molar-refractivity contribution in [2.45, 2.75) is 19.5 Å². The van der Waals surface area contributed by atoms with Crippen LogP contribution in [0.1, 0.15) is 23.3 Å². The summed E-state index contributed by atoms with van der Waals surface area (Å²) in [5.41, 5.74) is 1.04. The van der Waals surface area contributed by atoms with E-state index in [0.717, 1.165) is 23.0 Å². The number of methoxy groups -OCH3 is 1. The summed E-state index contributed by atoms with van der Waals surface area (Å²) in [7, 11) is 5.55. The standard InChI is InChI=1S/C15H22N4O2/c1-11-16-17-15(19(11)3)9-18(2)14(10-20)12-5-7-13(21-4)8-6-12/h5-8,14,20H,9-10H2,1-4H3. The zero-order valence-corrected chi connectivity index (χ0v) is 12.9. The predicted octanol–water partition coefficient (Wildman–Crippen LogP) is 1.30. The van der Waals surface area contributed by atoms with Crippen LogP contribution in [-0.4, -0.2) is 45.5 Å². The summed E-state index contributed by atoms with van der Waals surface area (Å²) < 4.78 is 7.12. The Balaban J connectivity index is 2.13. The third-order valence-electron chi connectivity index (χ3n) is 3.78. The molecule has 1 atom stereocenters. The zero-order chi connectivity index (χ0) is 15.4. The van der Waals surface area contributed by atoms with Crippen molar-refractivity contribution in [1.29, 1.82) is 0 Å². The summed E-state index contributed by atoms with van der Waals surface area (Å²) in [6.07, 6.45) is 0. The van der Waals surface area contributed by atoms with Gasteiger partial charge in [-0.3, -0.25) is 4.90 Å². The summed E-state index contributed by atoms with van der Waals surface area (Å²) in [6, 6.07) is 7.65. The number of aliphatic hydroxyl groups is 1. The summed E-state index contributed by atoms with van der Waals surface area (Å²) >= 11 is 0. The van der Waals surface area contributed by atoms with Gasteiger partial charge in [-0.1, -0.05) is 12.1 Å². The van der Waals surface area contributed by atoms with Gasteiger partial charge in [-0.25, -0.2) is 0 Å². The Morgan fingerprint density at radius 2 is 1.95 bits per heavy atom. The fourth-order valence-electron chi connectivity index (χ4n) is 2.25. The summed E-state index contributed by atoms with van der Waals surface area (Å²) in [6.45, 7) is 2.58. The van der Waals surface area contributed by atoms with E-state index in [0.29, 0.717) is 6.54 Å². The maximum atomic E-state index is 9.71. The molecule has 0 fully saturated rings. The molecule has 1 heterocycles. The van der Waals surface area contributed by atoms with Crippen LogP contribution in [0.3, 0.4) is 0 Å². The van der Waals surface area contributed by atoms with Crippen LogP contribution in [0.25, 0.3) is 0 Å². The van der Waals surface area contributed by atoms with E-state index in [2.05, 4.69) is 15.1 Å². The van der Waals surface area contributed by atoms with E-state index in [-0.39, 0.29) is 12.6 Å². The molecule has 1 aromatic heterocycles. The van der Waals surface area contributed by atoms with Gasteiger partial charge in [0.25, 0.3) is 0 Å². The minimum atomic E-state index is -0.0899. The van der Waals surface area contributed by atoms with Crippen molar-refractivity contribution < 1.29 is 9.84 Å². The van der Waals surface area contributed by atoms with Gasteiger partial charge in [0.2, 0.25) is 0 Å². The second kappa shape index (κ2) is 6.69. The van der Waals surface area contributed by atoms with E-state index >= 15 is 0 Å². The van der Waals surface area contributed by atoms with Gasteiger partial charge in [-0.15, -0.1) is 10.2 Å². The largest absolute Gasteiger partial charge is 0.497 e. The van der Waals surface area contributed by atoms with Gasteiger partial charge < -0.3 is 14.4 Å². The summed E-state index contributed by atoms with van der Waals surface area (Å²) in [4.78, 5) is 2.06. The average Bonchev–Trinajstić information content (AvgIpc) is 2.81. The molecular weight excluding hydrogens is 268 g/mol. The Kier molecular flexibility index (Phi) is 4.93. The Hall–Kier alpha value is -1.92. The number of aromatic nitrogens is 3. The van der Waals surface area contributed by atoms with Gasteiger partial charge in [-0.05, 0) is 31.7 Å². The lowest BCUT2D eigenvalue weighted by molar-refractivity contribution is 0.139. The Bertz CT molecular complexity index is 580. The fourth-order valence-corrected chi connectivity index (χ4v) is 2.25. The second-order valence-corrected chi connectivity index (χ2v) is 5.11. The number of ether oxygens (including phenoxy) is 1. The highest BCUT2D eigenvalue weighted by atomic mass is 16.5. The molecule has 1 unspecified atom stereocenters. The zero-order valence-electron chi connectivity index (χ0n) is 12.9. The van der Waals surface area contributed by atoms with Crippen molar-refractivity contribution in [2.24, 2.45) is 7.05 Å². The van der Waals surface area contributed by atoms with Crippen LogP contribution in [-0.2, 0) is 13.6 Å². The number of hydrogen-bond donors (Lipinski definition) is 1. The molecule has 0 radical (unpaired) electrons. The molecule has 0 aliphatic rings. The first kappa shape index (κ1) is 15.5. The van der Waals surface area contributed by atoms with Crippen molar-refractivity contribution >= 4 is 0 Å². The van der Waals surface area contributed by atoms with Crippen LogP contribution < -0.4 is 4.74 Å². The highest BCUT2D eigenvalue weighted by molar-refractivity contribution is 5.29. The van der Waals surface area contributed by atoms with Crippen molar-refractivity contribution in [3.8, 4) is 5.75 Å². The molecule has 0 aliphatic heterocycles. The van der Waals surface area contributed by atoms with Crippen LogP contribution in [0.15, 0.2) is 24.3 Å². The van der Waals surface area contributed by atoms with Crippen LogP contribution in [0.5, 0.6) is 5.75 Å². The lowest BCUT2D eigenvalue weighted by atomic mass is 10.1. The lowest BCUT2D eigenvalue weighted by Crippen LogP contribution is -2.28. The number of aliphatic hydroxyl groups excluding tert-OH is 1. The number of likely N-dealkylation sites (N-methyl/N-ethyl adjacent to an activating group) is 1. The molecule has 1 aromatic carbocycles. The average molecular weight is 290 g/mol. The van der Waals surface area contributed by atoms with Crippen molar-refractivity contribution in [2.75, 3.05) is 20.8 Å². The molecule has 6 heteroatoms. The van der Waals surface area contributed by atoms with Crippen LogP contribution in [0.2, 0.25) is 0 Å². The first-order chi connectivity index (χ1) is 10.1. The van der Waals surface area contributed by atoms with Crippen LogP contribution in [0, 0.1) is 6.92 Å². The van der Waals surface area contributed by atoms with E-state index in [1.165, 1.54) is 0 Å². The predicted molar refractivity (Wildman–Crippen MR) is 80.0 cm³/mol. The molecule has 1 N–H and O–H groups in total. The monoisotopic (exact) mass is 290 g/mol. The summed E-state index contributed by atoms with van der Waals surface area (Å²) in [5, 5.41) is 17.9. The minimum absolute atomic E-state index is 0.0413. The van der Waals surface area contributed by atoms with Gasteiger partial charge in [0.1, 0.15) is 17.4 Å². The van der Waals surface area contributed by atoms with E-state index in [1.54, 1.807) is 7.11 Å². The SMILES string of the molecule is COc1ccc(C(CO)N(C)Cc2nnc(C)n2C)cc1.